The van der Waals surface area contributed by atoms with E-state index in [0.717, 1.165) is 17.7 Å². The third kappa shape index (κ3) is 3.40. The second kappa shape index (κ2) is 5.40. The highest BCUT2D eigenvalue weighted by molar-refractivity contribution is 5.59. The quantitative estimate of drug-likeness (QED) is 0.885. The zero-order valence-corrected chi connectivity index (χ0v) is 11.0. The van der Waals surface area contributed by atoms with Crippen LogP contribution in [-0.4, -0.2) is 12.0 Å². The highest BCUT2D eigenvalue weighted by Gasteiger charge is 2.31. The van der Waals surface area contributed by atoms with Crippen molar-refractivity contribution in [1.82, 2.24) is 4.98 Å². The molecule has 2 aromatic rings. The van der Waals surface area contributed by atoms with Gasteiger partial charge >= 0.3 is 6.18 Å². The fourth-order valence-electron chi connectivity index (χ4n) is 1.67. The summed E-state index contributed by atoms with van der Waals surface area (Å²) in [4.78, 5) is 4.06. The second-order valence-electron chi connectivity index (χ2n) is 4.37. The summed E-state index contributed by atoms with van der Waals surface area (Å²) in [6, 6.07) is 9.28. The molecule has 6 heteroatoms. The maximum atomic E-state index is 12.8. The third-order valence-electron chi connectivity index (χ3n) is 2.73. The number of benzene rings is 1. The number of hydrogen-bond acceptors (Lipinski definition) is 3. The van der Waals surface area contributed by atoms with E-state index in [1.807, 2.05) is 19.1 Å². The van der Waals surface area contributed by atoms with Gasteiger partial charge in [-0.3, -0.25) is 0 Å². The van der Waals surface area contributed by atoms with Crippen LogP contribution in [0, 0.1) is 6.92 Å². The Hall–Kier alpha value is -2.24. The fourth-order valence-corrected chi connectivity index (χ4v) is 1.67. The summed E-state index contributed by atoms with van der Waals surface area (Å²) in [7, 11) is 1.53. The molecule has 20 heavy (non-hydrogen) atoms. The fraction of sp³-hybridized carbons (Fsp3) is 0.214. The number of nitrogens with zero attached hydrogens (tertiary/aromatic N) is 1. The van der Waals surface area contributed by atoms with Crippen molar-refractivity contribution in [2.75, 3.05) is 17.7 Å². The molecule has 0 bridgehead atoms. The number of aryl methyl sites for hydroxylation is 1. The Labute approximate surface area is 114 Å². The maximum Gasteiger partial charge on any atom is 0.416 e. The zero-order valence-electron chi connectivity index (χ0n) is 11.0. The van der Waals surface area contributed by atoms with Gasteiger partial charge in [-0.2, -0.15) is 13.2 Å². The molecule has 0 spiro atoms. The molecule has 0 radical (unpaired) electrons. The topological polar surface area (TPSA) is 37.0 Å². The van der Waals surface area contributed by atoms with E-state index >= 15 is 0 Å². The number of pyridine rings is 1. The van der Waals surface area contributed by atoms with E-state index in [9.17, 15) is 13.2 Å². The van der Waals surface area contributed by atoms with Gasteiger partial charge in [-0.15, -0.1) is 0 Å². The van der Waals surface area contributed by atoms with E-state index in [2.05, 4.69) is 15.6 Å². The molecule has 2 N–H and O–H groups in total. The molecule has 0 fully saturated rings. The maximum absolute atomic E-state index is 12.8. The molecular weight excluding hydrogens is 267 g/mol. The minimum absolute atomic E-state index is 0.146. The number of alkyl halides is 3. The lowest BCUT2D eigenvalue weighted by atomic mass is 10.2. The Morgan fingerprint density at radius 3 is 2.15 bits per heavy atom. The van der Waals surface area contributed by atoms with Crippen molar-refractivity contribution in [2.45, 2.75) is 13.1 Å². The van der Waals surface area contributed by atoms with Crippen molar-refractivity contribution in [1.29, 1.82) is 0 Å². The predicted molar refractivity (Wildman–Crippen MR) is 73.2 cm³/mol. The molecule has 0 aliphatic heterocycles. The Morgan fingerprint density at radius 2 is 1.60 bits per heavy atom. The average molecular weight is 281 g/mol. The number of anilines is 3. The Morgan fingerprint density at radius 1 is 1.00 bits per heavy atom. The summed E-state index contributed by atoms with van der Waals surface area (Å²) in [5.41, 5.74) is 1.01. The van der Waals surface area contributed by atoms with Crippen molar-refractivity contribution in [3.63, 3.8) is 0 Å². The van der Waals surface area contributed by atoms with Crippen molar-refractivity contribution in [3.05, 3.63) is 47.5 Å². The third-order valence-corrected chi connectivity index (χ3v) is 2.73. The molecule has 0 saturated carbocycles. The van der Waals surface area contributed by atoms with Gasteiger partial charge in [-0.25, -0.2) is 4.98 Å². The van der Waals surface area contributed by atoms with Crippen LogP contribution in [0.4, 0.5) is 30.5 Å². The first kappa shape index (κ1) is 14.2. The van der Waals surface area contributed by atoms with Crippen LogP contribution >= 0.6 is 0 Å². The van der Waals surface area contributed by atoms with Gasteiger partial charge in [0.05, 0.1) is 5.56 Å². The minimum atomic E-state index is -4.40. The van der Waals surface area contributed by atoms with Crippen LogP contribution in [0.1, 0.15) is 11.1 Å². The molecular formula is C14H14F3N3. The van der Waals surface area contributed by atoms with Crippen LogP contribution < -0.4 is 10.6 Å². The van der Waals surface area contributed by atoms with E-state index in [1.165, 1.54) is 7.05 Å². The first-order chi connectivity index (χ1) is 9.38. The van der Waals surface area contributed by atoms with E-state index in [1.54, 1.807) is 12.1 Å². The first-order valence-corrected chi connectivity index (χ1v) is 5.99. The van der Waals surface area contributed by atoms with Crippen molar-refractivity contribution in [2.24, 2.45) is 0 Å². The molecule has 1 aromatic heterocycles. The van der Waals surface area contributed by atoms with Crippen molar-refractivity contribution >= 4 is 17.3 Å². The zero-order chi connectivity index (χ0) is 14.8. The molecule has 3 nitrogen and oxygen atoms in total. The van der Waals surface area contributed by atoms with Crippen LogP contribution in [0.25, 0.3) is 0 Å². The van der Waals surface area contributed by atoms with Gasteiger partial charge in [0.2, 0.25) is 0 Å². The highest BCUT2D eigenvalue weighted by atomic mass is 19.4. The van der Waals surface area contributed by atoms with Crippen LogP contribution in [0.15, 0.2) is 36.4 Å². The van der Waals surface area contributed by atoms with Crippen molar-refractivity contribution in [3.8, 4) is 0 Å². The van der Waals surface area contributed by atoms with Gasteiger partial charge in [-0.05, 0) is 31.2 Å². The summed E-state index contributed by atoms with van der Waals surface area (Å²) in [6.45, 7) is 1.94. The Balaban J connectivity index is 2.33. The Kier molecular flexibility index (Phi) is 3.83. The number of rotatable bonds is 3. The summed E-state index contributed by atoms with van der Waals surface area (Å²) >= 11 is 0. The summed E-state index contributed by atoms with van der Waals surface area (Å²) in [6.07, 6.45) is -4.40. The lowest BCUT2D eigenvalue weighted by Gasteiger charge is -2.12. The van der Waals surface area contributed by atoms with Crippen LogP contribution in [-0.2, 0) is 6.18 Å². The van der Waals surface area contributed by atoms with E-state index in [0.29, 0.717) is 5.69 Å². The molecule has 0 saturated heterocycles. The smallest absolute Gasteiger partial charge is 0.373 e. The van der Waals surface area contributed by atoms with E-state index < -0.39 is 11.7 Å². The monoisotopic (exact) mass is 281 g/mol. The standard InChI is InChI=1S/C14H14F3N3/c1-9-3-5-11(6-4-9)19-13-8-10(14(15,16)17)7-12(18-2)20-13/h3-8H,1-2H3,(H2,18,19,20). The van der Waals surface area contributed by atoms with Crippen LogP contribution in [0.2, 0.25) is 0 Å². The molecule has 0 amide bonds. The second-order valence-corrected chi connectivity index (χ2v) is 4.37. The lowest BCUT2D eigenvalue weighted by Crippen LogP contribution is -2.08. The summed E-state index contributed by atoms with van der Waals surface area (Å²) in [5, 5.41) is 5.49. The largest absolute Gasteiger partial charge is 0.416 e. The first-order valence-electron chi connectivity index (χ1n) is 5.99. The molecule has 0 unspecified atom stereocenters. The minimum Gasteiger partial charge on any atom is -0.373 e. The van der Waals surface area contributed by atoms with Gasteiger partial charge in [-0.1, -0.05) is 17.7 Å². The SMILES string of the molecule is CNc1cc(C(F)(F)F)cc(Nc2ccc(C)cc2)n1. The number of halogens is 3. The molecule has 1 aromatic carbocycles. The van der Waals surface area contributed by atoms with Gasteiger partial charge in [0.1, 0.15) is 11.6 Å². The van der Waals surface area contributed by atoms with Gasteiger partial charge in [0.15, 0.2) is 0 Å². The Bertz CT molecular complexity index is 592. The molecule has 2 rings (SSSR count). The summed E-state index contributed by atoms with van der Waals surface area (Å²) in [5.74, 6) is 0.308. The molecule has 0 atom stereocenters. The average Bonchev–Trinajstić information content (AvgIpc) is 2.40. The van der Waals surface area contributed by atoms with Crippen molar-refractivity contribution < 1.29 is 13.2 Å². The van der Waals surface area contributed by atoms with Crippen LogP contribution in [0.5, 0.6) is 0 Å². The van der Waals surface area contributed by atoms with Crippen LogP contribution in [0.3, 0.4) is 0 Å². The lowest BCUT2D eigenvalue weighted by molar-refractivity contribution is -0.137. The van der Waals surface area contributed by atoms with Gasteiger partial charge in [0.25, 0.3) is 0 Å². The normalized spacial score (nSPS) is 11.2. The number of aromatic nitrogens is 1. The molecule has 0 aliphatic rings. The van der Waals surface area contributed by atoms with Gasteiger partial charge in [0, 0.05) is 12.7 Å². The molecule has 1 heterocycles. The van der Waals surface area contributed by atoms with E-state index in [4.69, 9.17) is 0 Å². The molecule has 106 valence electrons. The number of hydrogen-bond donors (Lipinski definition) is 2. The highest BCUT2D eigenvalue weighted by Crippen LogP contribution is 2.32. The van der Waals surface area contributed by atoms with E-state index in [-0.39, 0.29) is 11.6 Å². The molecule has 0 aliphatic carbocycles. The predicted octanol–water partition coefficient (Wildman–Crippen LogP) is 4.19. The summed E-state index contributed by atoms with van der Waals surface area (Å²) < 4.78 is 38.4. The number of nitrogens with one attached hydrogen (secondary N) is 2. The van der Waals surface area contributed by atoms with Gasteiger partial charge < -0.3 is 10.6 Å².